The Hall–Kier alpha value is -1.25. The minimum absolute atomic E-state index is 0.0718. The van der Waals surface area contributed by atoms with Crippen molar-refractivity contribution in [2.75, 3.05) is 24.6 Å². The number of sulfone groups is 1. The Morgan fingerprint density at radius 3 is 1.88 bits per heavy atom. The molecule has 0 unspecified atom stereocenters. The van der Waals surface area contributed by atoms with Crippen molar-refractivity contribution >= 4 is 53.1 Å². The maximum Gasteiger partial charge on any atom is 0.243 e. The lowest BCUT2D eigenvalue weighted by atomic mass is 10.2. The first-order chi connectivity index (χ1) is 14.8. The molecule has 2 aromatic carbocycles. The molecule has 0 aliphatic carbocycles. The predicted octanol–water partition coefficient (Wildman–Crippen LogP) is 1.12. The highest BCUT2D eigenvalue weighted by atomic mass is 35.5. The van der Waals surface area contributed by atoms with E-state index in [0.29, 0.717) is 10.0 Å². The number of rotatable bonds is 8. The van der Waals surface area contributed by atoms with Crippen molar-refractivity contribution in [2.24, 2.45) is 0 Å². The van der Waals surface area contributed by atoms with Crippen LogP contribution in [0, 0.1) is 0 Å². The molecule has 32 heavy (non-hydrogen) atoms. The van der Waals surface area contributed by atoms with Crippen molar-refractivity contribution in [1.29, 1.82) is 0 Å². The SMILES string of the molecule is O=S1(=O)C[C@@H](O)[C@@H](N(CCNS(=O)(=O)c2ccc(Cl)cc2)S(=O)(=O)c2ccc(Cl)cc2)C1. The second kappa shape index (κ2) is 9.55. The molecule has 0 spiro atoms. The lowest BCUT2D eigenvalue weighted by molar-refractivity contribution is 0.128. The fourth-order valence-electron chi connectivity index (χ4n) is 3.28. The Morgan fingerprint density at radius 1 is 0.906 bits per heavy atom. The Bertz CT molecular complexity index is 1280. The van der Waals surface area contributed by atoms with Crippen LogP contribution in [0.3, 0.4) is 0 Å². The highest BCUT2D eigenvalue weighted by Crippen LogP contribution is 2.26. The summed E-state index contributed by atoms with van der Waals surface area (Å²) in [6.45, 7) is -0.768. The Kier molecular flexibility index (Phi) is 7.57. The van der Waals surface area contributed by atoms with Gasteiger partial charge in [0.15, 0.2) is 9.84 Å². The molecule has 0 bridgehead atoms. The molecule has 9 nitrogen and oxygen atoms in total. The van der Waals surface area contributed by atoms with E-state index in [9.17, 15) is 30.4 Å². The molecule has 0 aromatic heterocycles. The van der Waals surface area contributed by atoms with Crippen molar-refractivity contribution < 1.29 is 30.4 Å². The number of hydrogen-bond donors (Lipinski definition) is 2. The number of sulfonamides is 2. The van der Waals surface area contributed by atoms with Crippen LogP contribution in [0.5, 0.6) is 0 Å². The average Bonchev–Trinajstić information content (AvgIpc) is 2.97. The van der Waals surface area contributed by atoms with Crippen LogP contribution in [0.4, 0.5) is 0 Å². The molecular formula is C18H20Cl2N2O7S3. The summed E-state index contributed by atoms with van der Waals surface area (Å²) in [6.07, 6.45) is -1.45. The largest absolute Gasteiger partial charge is 0.390 e. The zero-order valence-electron chi connectivity index (χ0n) is 16.4. The van der Waals surface area contributed by atoms with Gasteiger partial charge in [-0.15, -0.1) is 0 Å². The van der Waals surface area contributed by atoms with Crippen LogP contribution in [-0.2, 0) is 29.9 Å². The molecule has 2 N–H and O–H groups in total. The van der Waals surface area contributed by atoms with Crippen molar-refractivity contribution in [3.8, 4) is 0 Å². The van der Waals surface area contributed by atoms with Crippen LogP contribution in [0.15, 0.2) is 58.3 Å². The van der Waals surface area contributed by atoms with Gasteiger partial charge >= 0.3 is 0 Å². The molecule has 1 aliphatic rings. The summed E-state index contributed by atoms with van der Waals surface area (Å²) in [5.41, 5.74) is 0. The van der Waals surface area contributed by atoms with Crippen LogP contribution in [0.25, 0.3) is 0 Å². The van der Waals surface area contributed by atoms with Gasteiger partial charge in [0.05, 0.1) is 33.4 Å². The van der Waals surface area contributed by atoms with Crippen molar-refractivity contribution in [3.63, 3.8) is 0 Å². The van der Waals surface area contributed by atoms with Crippen LogP contribution < -0.4 is 4.72 Å². The summed E-state index contributed by atoms with van der Waals surface area (Å²) in [5, 5.41) is 10.9. The van der Waals surface area contributed by atoms with E-state index in [-0.39, 0.29) is 16.3 Å². The van der Waals surface area contributed by atoms with Crippen molar-refractivity contribution in [1.82, 2.24) is 9.03 Å². The molecule has 1 fully saturated rings. The molecular weight excluding hydrogens is 523 g/mol. The third kappa shape index (κ3) is 5.81. The number of aliphatic hydroxyl groups is 1. The summed E-state index contributed by atoms with van der Waals surface area (Å²) in [4.78, 5) is -0.239. The molecule has 2 aromatic rings. The van der Waals surface area contributed by atoms with Crippen molar-refractivity contribution in [2.45, 2.75) is 21.9 Å². The van der Waals surface area contributed by atoms with E-state index in [2.05, 4.69) is 4.72 Å². The topological polar surface area (TPSA) is 138 Å². The van der Waals surface area contributed by atoms with Crippen LogP contribution >= 0.6 is 23.2 Å². The van der Waals surface area contributed by atoms with Crippen LogP contribution in [-0.4, -0.2) is 71.4 Å². The molecule has 0 amide bonds. The molecule has 0 saturated carbocycles. The predicted molar refractivity (Wildman–Crippen MR) is 120 cm³/mol. The second-order valence-corrected chi connectivity index (χ2v) is 13.8. The molecule has 1 saturated heterocycles. The first-order valence-corrected chi connectivity index (χ1v) is 14.7. The van der Waals surface area contributed by atoms with Gasteiger partial charge in [-0.25, -0.2) is 30.0 Å². The summed E-state index contributed by atoms with van der Waals surface area (Å²) in [6, 6.07) is 9.33. The Morgan fingerprint density at radius 2 is 1.41 bits per heavy atom. The van der Waals surface area contributed by atoms with Gasteiger partial charge in [-0.05, 0) is 48.5 Å². The fraction of sp³-hybridized carbons (Fsp3) is 0.333. The van der Waals surface area contributed by atoms with Gasteiger partial charge in [0.25, 0.3) is 0 Å². The zero-order chi connectivity index (χ0) is 23.7. The molecule has 14 heteroatoms. The monoisotopic (exact) mass is 542 g/mol. The Balaban J connectivity index is 1.86. The lowest BCUT2D eigenvalue weighted by Crippen LogP contribution is -2.49. The van der Waals surface area contributed by atoms with Gasteiger partial charge < -0.3 is 5.11 Å². The van der Waals surface area contributed by atoms with Gasteiger partial charge in [0.1, 0.15) is 0 Å². The molecule has 1 heterocycles. The third-order valence-electron chi connectivity index (χ3n) is 4.83. The first-order valence-electron chi connectivity index (χ1n) is 9.23. The van der Waals surface area contributed by atoms with E-state index in [1.807, 2.05) is 0 Å². The molecule has 0 radical (unpaired) electrons. The smallest absolute Gasteiger partial charge is 0.243 e. The summed E-state index contributed by atoms with van der Waals surface area (Å²) >= 11 is 11.6. The van der Waals surface area contributed by atoms with E-state index >= 15 is 0 Å². The number of benzene rings is 2. The van der Waals surface area contributed by atoms with E-state index < -0.39 is 60.1 Å². The van der Waals surface area contributed by atoms with E-state index in [0.717, 1.165) is 4.31 Å². The van der Waals surface area contributed by atoms with Gasteiger partial charge in [-0.2, -0.15) is 4.31 Å². The zero-order valence-corrected chi connectivity index (χ0v) is 20.4. The fourth-order valence-corrected chi connectivity index (χ4v) is 8.10. The maximum atomic E-state index is 13.2. The van der Waals surface area contributed by atoms with E-state index in [1.54, 1.807) is 0 Å². The summed E-state index contributed by atoms with van der Waals surface area (Å²) in [5.74, 6) is -1.16. The first kappa shape index (κ1) is 25.4. The average molecular weight is 543 g/mol. The molecule has 1 aliphatic heterocycles. The number of halogens is 2. The number of aliphatic hydroxyl groups excluding tert-OH is 1. The van der Waals surface area contributed by atoms with E-state index in [4.69, 9.17) is 23.2 Å². The highest BCUT2D eigenvalue weighted by molar-refractivity contribution is 7.92. The molecule has 2 atom stereocenters. The molecule has 176 valence electrons. The van der Waals surface area contributed by atoms with Crippen LogP contribution in [0.2, 0.25) is 10.0 Å². The number of hydrogen-bond acceptors (Lipinski definition) is 7. The van der Waals surface area contributed by atoms with Gasteiger partial charge in [0.2, 0.25) is 20.0 Å². The number of nitrogens with zero attached hydrogens (tertiary/aromatic N) is 1. The Labute approximate surface area is 197 Å². The minimum Gasteiger partial charge on any atom is -0.390 e. The van der Waals surface area contributed by atoms with Crippen molar-refractivity contribution in [3.05, 3.63) is 58.6 Å². The quantitative estimate of drug-likeness (QED) is 0.509. The van der Waals surface area contributed by atoms with Gasteiger partial charge in [-0.1, -0.05) is 23.2 Å². The highest BCUT2D eigenvalue weighted by Gasteiger charge is 2.44. The normalized spacial score (nSPS) is 21.1. The molecule has 3 rings (SSSR count). The maximum absolute atomic E-state index is 13.2. The van der Waals surface area contributed by atoms with E-state index in [1.165, 1.54) is 48.5 Å². The van der Waals surface area contributed by atoms with Crippen LogP contribution in [0.1, 0.15) is 0 Å². The lowest BCUT2D eigenvalue weighted by Gasteiger charge is -2.29. The minimum atomic E-state index is -4.27. The second-order valence-electron chi connectivity index (χ2n) is 7.13. The standard InChI is InChI=1S/C18H20Cl2N2O7S3/c19-13-1-5-15(6-2-13)31(26,27)21-9-10-22(17-11-30(24,25)12-18(17)23)32(28,29)16-7-3-14(20)4-8-16/h1-8,17-18,21,23H,9-12H2/t17-,18+/m0/s1. The third-order valence-corrected chi connectivity index (χ3v) is 10.5. The van der Waals surface area contributed by atoms with Gasteiger partial charge in [0, 0.05) is 23.1 Å². The number of nitrogens with one attached hydrogen (secondary N) is 1. The summed E-state index contributed by atoms with van der Waals surface area (Å²) in [7, 11) is -11.9. The summed E-state index contributed by atoms with van der Waals surface area (Å²) < 4.78 is 78.5. The van der Waals surface area contributed by atoms with Gasteiger partial charge in [-0.3, -0.25) is 0 Å².